The lowest BCUT2D eigenvalue weighted by molar-refractivity contribution is -0.158. The zero-order chi connectivity index (χ0) is 9.30. The summed E-state index contributed by atoms with van der Waals surface area (Å²) in [5, 5.41) is 35.9. The minimum absolute atomic E-state index is 0.422. The molecule has 6 nitrogen and oxygen atoms in total. The van der Waals surface area contributed by atoms with Gasteiger partial charge in [-0.25, -0.2) is 4.79 Å². The van der Waals surface area contributed by atoms with E-state index in [9.17, 15) is 4.79 Å². The second-order valence-electron chi connectivity index (χ2n) is 2.62. The average Bonchev–Trinajstić information content (AvgIpc) is 2.14. The van der Waals surface area contributed by atoms with E-state index in [-0.39, 0.29) is 0 Å². The molecule has 70 valence electrons. The topological polar surface area (TPSA) is 107 Å². The fraction of sp³-hybridized carbons (Fsp3) is 0.833. The molecule has 0 saturated carbocycles. The highest BCUT2D eigenvalue weighted by Gasteiger charge is 2.39. The molecule has 0 aromatic heterocycles. The molecule has 6 heteroatoms. The third-order valence-electron chi connectivity index (χ3n) is 1.71. The number of carbonyl (C=O) groups is 1. The molecule has 0 aliphatic carbocycles. The summed E-state index contributed by atoms with van der Waals surface area (Å²) in [4.78, 5) is 10.7. The highest BCUT2D eigenvalue weighted by Crippen LogP contribution is 2.11. The van der Waals surface area contributed by atoms with E-state index in [0.29, 0.717) is 0 Å². The third kappa shape index (κ3) is 1.56. The summed E-state index contributed by atoms with van der Waals surface area (Å²) in [6, 6.07) is 0. The molecule has 1 aliphatic rings. The first-order valence-electron chi connectivity index (χ1n) is 3.43. The lowest BCUT2D eigenvalue weighted by atomic mass is 10.1. The molecule has 0 unspecified atom stereocenters. The normalized spacial score (nSPS) is 43.5. The van der Waals surface area contributed by atoms with Crippen molar-refractivity contribution in [1.82, 2.24) is 0 Å². The molecule has 0 bridgehead atoms. The third-order valence-corrected chi connectivity index (χ3v) is 1.71. The van der Waals surface area contributed by atoms with Gasteiger partial charge in [-0.3, -0.25) is 0 Å². The molecule has 1 aliphatic heterocycles. The molecule has 4 atom stereocenters. The van der Waals surface area contributed by atoms with Gasteiger partial charge < -0.3 is 25.2 Å². The van der Waals surface area contributed by atoms with Gasteiger partial charge in [-0.1, -0.05) is 0 Å². The van der Waals surface area contributed by atoms with Gasteiger partial charge in [-0.05, 0) is 0 Å². The van der Waals surface area contributed by atoms with E-state index in [1.54, 1.807) is 0 Å². The van der Waals surface area contributed by atoms with Crippen LogP contribution in [0.25, 0.3) is 0 Å². The van der Waals surface area contributed by atoms with Crippen molar-refractivity contribution in [3.63, 3.8) is 0 Å². The van der Waals surface area contributed by atoms with Crippen molar-refractivity contribution < 1.29 is 30.0 Å². The lowest BCUT2D eigenvalue weighted by Gasteiger charge is -2.18. The second-order valence-corrected chi connectivity index (χ2v) is 2.62. The van der Waals surface area contributed by atoms with E-state index in [1.165, 1.54) is 0 Å². The van der Waals surface area contributed by atoms with E-state index in [4.69, 9.17) is 20.4 Å². The van der Waals surface area contributed by atoms with Gasteiger partial charge in [0.15, 0.2) is 6.10 Å². The molecule has 0 radical (unpaired) electrons. The fourth-order valence-corrected chi connectivity index (χ4v) is 0.905. The van der Waals surface area contributed by atoms with Gasteiger partial charge in [-0.2, -0.15) is 0 Å². The number of cyclic esters (lactones) is 1. The number of hydrogen-bond acceptors (Lipinski definition) is 6. The Morgan fingerprint density at radius 3 is 2.33 bits per heavy atom. The van der Waals surface area contributed by atoms with Crippen LogP contribution in [0.4, 0.5) is 0 Å². The summed E-state index contributed by atoms with van der Waals surface area (Å²) in [5.74, 6) is -1.04. The summed E-state index contributed by atoms with van der Waals surface area (Å²) in [5.41, 5.74) is 0. The van der Waals surface area contributed by atoms with Gasteiger partial charge in [-0.15, -0.1) is 0 Å². The Balaban J connectivity index is 2.75. The Morgan fingerprint density at radius 1 is 1.17 bits per heavy atom. The number of esters is 1. The standard InChI is InChI=1S/C6H10O6/c7-2-1-12-6(11)5(10)4(9)3(2)8/h2-5,7-10H,1H2/t2-,3-,4+,5+/m1/s1. The van der Waals surface area contributed by atoms with E-state index >= 15 is 0 Å². The van der Waals surface area contributed by atoms with E-state index < -0.39 is 37.0 Å². The van der Waals surface area contributed by atoms with E-state index in [2.05, 4.69) is 4.74 Å². The van der Waals surface area contributed by atoms with Gasteiger partial charge >= 0.3 is 5.97 Å². The monoisotopic (exact) mass is 178 g/mol. The molecule has 1 heterocycles. The van der Waals surface area contributed by atoms with Crippen LogP contribution < -0.4 is 0 Å². The largest absolute Gasteiger partial charge is 0.461 e. The first kappa shape index (κ1) is 9.40. The molecule has 0 aromatic carbocycles. The van der Waals surface area contributed by atoms with Gasteiger partial charge in [0, 0.05) is 0 Å². The first-order valence-corrected chi connectivity index (χ1v) is 3.43. The SMILES string of the molecule is O=C1OC[C@@H](O)[C@@H](O)[C@H](O)[C@@H]1O. The predicted octanol–water partition coefficient (Wildman–Crippen LogP) is -3.01. The maximum atomic E-state index is 10.7. The molecule has 4 N–H and O–H groups in total. The van der Waals surface area contributed by atoms with Crippen LogP contribution in [0, 0.1) is 0 Å². The zero-order valence-electron chi connectivity index (χ0n) is 6.12. The number of hydrogen-bond donors (Lipinski definition) is 4. The molecule has 1 fully saturated rings. The van der Waals surface area contributed by atoms with E-state index in [0.717, 1.165) is 0 Å². The molecule has 0 amide bonds. The van der Waals surface area contributed by atoms with Crippen LogP contribution in [0.2, 0.25) is 0 Å². The van der Waals surface area contributed by atoms with Crippen molar-refractivity contribution in [1.29, 1.82) is 0 Å². The quantitative estimate of drug-likeness (QED) is 0.294. The smallest absolute Gasteiger partial charge is 0.337 e. The second kappa shape index (κ2) is 3.36. The van der Waals surface area contributed by atoms with E-state index in [1.807, 2.05) is 0 Å². The van der Waals surface area contributed by atoms with Crippen molar-refractivity contribution in [2.75, 3.05) is 6.61 Å². The van der Waals surface area contributed by atoms with Crippen molar-refractivity contribution in [2.45, 2.75) is 24.4 Å². The summed E-state index contributed by atoms with van der Waals surface area (Å²) < 4.78 is 4.31. The Kier molecular flexibility index (Phi) is 2.63. The minimum Gasteiger partial charge on any atom is -0.461 e. The van der Waals surface area contributed by atoms with Crippen LogP contribution >= 0.6 is 0 Å². The maximum Gasteiger partial charge on any atom is 0.337 e. The molecular formula is C6H10O6. The molecular weight excluding hydrogens is 168 g/mol. The Labute approximate surface area is 68.0 Å². The number of ether oxygens (including phenoxy) is 1. The van der Waals surface area contributed by atoms with Crippen LogP contribution in [-0.4, -0.2) is 57.4 Å². The molecule has 1 rings (SSSR count). The van der Waals surface area contributed by atoms with Crippen molar-refractivity contribution in [3.05, 3.63) is 0 Å². The maximum absolute atomic E-state index is 10.7. The molecule has 12 heavy (non-hydrogen) atoms. The Bertz CT molecular complexity index is 181. The minimum atomic E-state index is -1.79. The highest BCUT2D eigenvalue weighted by molar-refractivity contribution is 5.75. The van der Waals surface area contributed by atoms with Gasteiger partial charge in [0.2, 0.25) is 0 Å². The molecule has 1 saturated heterocycles. The number of carbonyl (C=O) groups excluding carboxylic acids is 1. The van der Waals surface area contributed by atoms with Crippen molar-refractivity contribution in [3.8, 4) is 0 Å². The first-order chi connectivity index (χ1) is 5.54. The summed E-state index contributed by atoms with van der Waals surface area (Å²) in [6.07, 6.45) is -6.42. The number of rotatable bonds is 0. The number of aliphatic hydroxyl groups excluding tert-OH is 4. The van der Waals surface area contributed by atoms with Crippen molar-refractivity contribution in [2.24, 2.45) is 0 Å². The van der Waals surface area contributed by atoms with Gasteiger partial charge in [0.05, 0.1) is 0 Å². The van der Waals surface area contributed by atoms with Crippen LogP contribution in [0.1, 0.15) is 0 Å². The van der Waals surface area contributed by atoms with Crippen LogP contribution in [0.5, 0.6) is 0 Å². The summed E-state index contributed by atoms with van der Waals surface area (Å²) >= 11 is 0. The molecule has 0 spiro atoms. The highest BCUT2D eigenvalue weighted by atomic mass is 16.6. The van der Waals surface area contributed by atoms with Crippen LogP contribution in [-0.2, 0) is 9.53 Å². The summed E-state index contributed by atoms with van der Waals surface area (Å²) in [6.45, 7) is -0.422. The number of aliphatic hydroxyl groups is 4. The Hall–Kier alpha value is -0.690. The summed E-state index contributed by atoms with van der Waals surface area (Å²) in [7, 11) is 0. The van der Waals surface area contributed by atoms with Crippen LogP contribution in [0.15, 0.2) is 0 Å². The molecule has 0 aromatic rings. The van der Waals surface area contributed by atoms with Gasteiger partial charge in [0.1, 0.15) is 24.9 Å². The zero-order valence-corrected chi connectivity index (χ0v) is 6.12. The Morgan fingerprint density at radius 2 is 1.75 bits per heavy atom. The van der Waals surface area contributed by atoms with Crippen molar-refractivity contribution >= 4 is 5.97 Å². The lowest BCUT2D eigenvalue weighted by Crippen LogP contribution is -2.44. The predicted molar refractivity (Wildman–Crippen MR) is 35.0 cm³/mol. The van der Waals surface area contributed by atoms with Gasteiger partial charge in [0.25, 0.3) is 0 Å². The average molecular weight is 178 g/mol. The fourth-order valence-electron chi connectivity index (χ4n) is 0.905. The van der Waals surface area contributed by atoms with Crippen LogP contribution in [0.3, 0.4) is 0 Å².